The smallest absolute Gasteiger partial charge is 0.407 e. The number of hydrogen-bond acceptors (Lipinski definition) is 5. The van der Waals surface area contributed by atoms with E-state index >= 15 is 0 Å². The first-order valence-electron chi connectivity index (χ1n) is 9.17. The maximum atomic E-state index is 12.2. The summed E-state index contributed by atoms with van der Waals surface area (Å²) in [7, 11) is 1.40. The van der Waals surface area contributed by atoms with Gasteiger partial charge in [0.15, 0.2) is 0 Å². The Morgan fingerprint density at radius 1 is 1.04 bits per heavy atom. The highest BCUT2D eigenvalue weighted by Crippen LogP contribution is 2.23. The quantitative estimate of drug-likeness (QED) is 0.786. The second-order valence-corrected chi connectivity index (χ2v) is 7.73. The van der Waals surface area contributed by atoms with E-state index in [1.807, 2.05) is 51.1 Å². The van der Waals surface area contributed by atoms with Gasteiger partial charge in [0.05, 0.1) is 7.11 Å². The lowest BCUT2D eigenvalue weighted by Crippen LogP contribution is -2.45. The largest absolute Gasteiger partial charge is 0.468 e. The van der Waals surface area contributed by atoms with Gasteiger partial charge < -0.3 is 14.8 Å². The van der Waals surface area contributed by atoms with Crippen LogP contribution in [0.3, 0.4) is 0 Å². The molecule has 0 heterocycles. The predicted molar refractivity (Wildman–Crippen MR) is 99.7 cm³/mol. The Kier molecular flexibility index (Phi) is 7.03. The van der Waals surface area contributed by atoms with Gasteiger partial charge in [-0.15, -0.1) is 0 Å². The fourth-order valence-corrected chi connectivity index (χ4v) is 3.18. The number of carbonyl (C=O) groups excluding carboxylic acids is 2. The van der Waals surface area contributed by atoms with Crippen molar-refractivity contribution in [1.82, 2.24) is 10.6 Å². The second kappa shape index (κ2) is 9.03. The zero-order valence-corrected chi connectivity index (χ0v) is 16.1. The van der Waals surface area contributed by atoms with Crippen molar-refractivity contribution in [2.45, 2.75) is 70.2 Å². The maximum absolute atomic E-state index is 12.2. The Morgan fingerprint density at radius 2 is 1.62 bits per heavy atom. The van der Waals surface area contributed by atoms with Crippen LogP contribution in [0.4, 0.5) is 4.79 Å². The molecule has 1 aromatic carbocycles. The molecule has 6 heteroatoms. The molecule has 0 aliphatic heterocycles. The Bertz CT molecular complexity index is 590. The van der Waals surface area contributed by atoms with Gasteiger partial charge in [0.2, 0.25) is 0 Å². The second-order valence-electron chi connectivity index (χ2n) is 7.73. The molecular weight excluding hydrogens is 332 g/mol. The summed E-state index contributed by atoms with van der Waals surface area (Å²) in [6, 6.07) is 9.43. The van der Waals surface area contributed by atoms with Gasteiger partial charge in [0.25, 0.3) is 0 Å². The van der Waals surface area contributed by atoms with Crippen LogP contribution >= 0.6 is 0 Å². The standard InChI is InChI=1S/C20H30N2O4/c1-20(2,3)26-19(24)22-16-12-10-15(11-13-16)21-17(18(23)25-4)14-8-6-5-7-9-14/h5-9,15-17,21H,10-13H2,1-4H3,(H,22,24)/t15-,16-,17-/m0/s1. The van der Waals surface area contributed by atoms with Crippen molar-refractivity contribution < 1.29 is 19.1 Å². The molecule has 26 heavy (non-hydrogen) atoms. The molecule has 1 amide bonds. The third-order valence-corrected chi connectivity index (χ3v) is 4.42. The summed E-state index contributed by atoms with van der Waals surface area (Å²) in [5, 5.41) is 6.35. The van der Waals surface area contributed by atoms with Gasteiger partial charge in [-0.25, -0.2) is 9.59 Å². The van der Waals surface area contributed by atoms with E-state index in [9.17, 15) is 9.59 Å². The van der Waals surface area contributed by atoms with Crippen LogP contribution in [0, 0.1) is 0 Å². The number of alkyl carbamates (subject to hydrolysis) is 1. The van der Waals surface area contributed by atoms with Crippen molar-refractivity contribution in [3.63, 3.8) is 0 Å². The minimum absolute atomic E-state index is 0.108. The highest BCUT2D eigenvalue weighted by Gasteiger charge is 2.29. The molecule has 1 aliphatic rings. The molecular formula is C20H30N2O4. The zero-order valence-electron chi connectivity index (χ0n) is 16.1. The van der Waals surface area contributed by atoms with Crippen LogP contribution in [-0.4, -0.2) is 36.9 Å². The number of benzene rings is 1. The Balaban J connectivity index is 1.86. The lowest BCUT2D eigenvalue weighted by molar-refractivity contribution is -0.143. The predicted octanol–water partition coefficient (Wildman–Crippen LogP) is 3.33. The number of carbonyl (C=O) groups is 2. The van der Waals surface area contributed by atoms with E-state index in [0.717, 1.165) is 31.2 Å². The first-order valence-corrected chi connectivity index (χ1v) is 9.17. The molecule has 0 saturated heterocycles. The minimum atomic E-state index is -0.494. The van der Waals surface area contributed by atoms with Crippen LogP contribution in [0.5, 0.6) is 0 Å². The number of hydrogen-bond donors (Lipinski definition) is 2. The van der Waals surface area contributed by atoms with Crippen molar-refractivity contribution in [2.75, 3.05) is 7.11 Å². The van der Waals surface area contributed by atoms with Crippen molar-refractivity contribution in [3.8, 4) is 0 Å². The van der Waals surface area contributed by atoms with Crippen LogP contribution in [-0.2, 0) is 14.3 Å². The lowest BCUT2D eigenvalue weighted by Gasteiger charge is -2.32. The first kappa shape index (κ1) is 20.2. The summed E-state index contributed by atoms with van der Waals surface area (Å²) in [5.74, 6) is -0.287. The number of ether oxygens (including phenoxy) is 2. The van der Waals surface area contributed by atoms with Gasteiger partial charge >= 0.3 is 12.1 Å². The number of methoxy groups -OCH3 is 1. The highest BCUT2D eigenvalue weighted by atomic mass is 16.6. The van der Waals surface area contributed by atoms with E-state index in [0.29, 0.717) is 0 Å². The van der Waals surface area contributed by atoms with Gasteiger partial charge in [-0.1, -0.05) is 30.3 Å². The van der Waals surface area contributed by atoms with Crippen molar-refractivity contribution >= 4 is 12.1 Å². The van der Waals surface area contributed by atoms with Crippen molar-refractivity contribution in [2.24, 2.45) is 0 Å². The van der Waals surface area contributed by atoms with E-state index in [2.05, 4.69) is 10.6 Å². The molecule has 1 aromatic rings. The Labute approximate surface area is 155 Å². The van der Waals surface area contributed by atoms with E-state index in [1.54, 1.807) is 0 Å². The molecule has 2 N–H and O–H groups in total. The highest BCUT2D eigenvalue weighted by molar-refractivity contribution is 5.77. The fraction of sp³-hybridized carbons (Fsp3) is 0.600. The molecule has 6 nitrogen and oxygen atoms in total. The fourth-order valence-electron chi connectivity index (χ4n) is 3.18. The number of rotatable bonds is 5. The average molecular weight is 362 g/mol. The summed E-state index contributed by atoms with van der Waals surface area (Å²) in [6.45, 7) is 5.55. The summed E-state index contributed by atoms with van der Waals surface area (Å²) in [6.07, 6.45) is 3.08. The third kappa shape index (κ3) is 6.33. The monoisotopic (exact) mass is 362 g/mol. The Morgan fingerprint density at radius 3 is 2.15 bits per heavy atom. The normalized spacial score (nSPS) is 21.5. The van der Waals surface area contributed by atoms with Crippen molar-refractivity contribution in [1.29, 1.82) is 0 Å². The number of amides is 1. The first-order chi connectivity index (χ1) is 12.3. The number of esters is 1. The molecule has 0 aromatic heterocycles. The molecule has 2 rings (SSSR count). The maximum Gasteiger partial charge on any atom is 0.407 e. The van der Waals surface area contributed by atoms with Crippen LogP contribution in [0.1, 0.15) is 58.1 Å². The van der Waals surface area contributed by atoms with E-state index in [1.165, 1.54) is 7.11 Å². The molecule has 1 saturated carbocycles. The van der Waals surface area contributed by atoms with Crippen LogP contribution in [0.2, 0.25) is 0 Å². The van der Waals surface area contributed by atoms with Crippen molar-refractivity contribution in [3.05, 3.63) is 35.9 Å². The molecule has 1 aliphatic carbocycles. The average Bonchev–Trinajstić information content (AvgIpc) is 2.59. The van der Waals surface area contributed by atoms with Gasteiger partial charge in [-0.2, -0.15) is 0 Å². The Hall–Kier alpha value is -2.08. The molecule has 0 bridgehead atoms. The molecule has 1 atom stereocenters. The minimum Gasteiger partial charge on any atom is -0.468 e. The van der Waals surface area contributed by atoms with Gasteiger partial charge in [0, 0.05) is 12.1 Å². The molecule has 144 valence electrons. The number of nitrogens with one attached hydrogen (secondary N) is 2. The van der Waals surface area contributed by atoms with Gasteiger partial charge in [-0.3, -0.25) is 5.32 Å². The molecule has 0 spiro atoms. The van der Waals surface area contributed by atoms with Gasteiger partial charge in [0.1, 0.15) is 11.6 Å². The van der Waals surface area contributed by atoms with E-state index in [4.69, 9.17) is 9.47 Å². The molecule has 0 radical (unpaired) electrons. The van der Waals surface area contributed by atoms with E-state index < -0.39 is 11.6 Å². The summed E-state index contributed by atoms with van der Waals surface area (Å²) in [5.41, 5.74) is 0.403. The summed E-state index contributed by atoms with van der Waals surface area (Å²) >= 11 is 0. The van der Waals surface area contributed by atoms with Gasteiger partial charge in [-0.05, 0) is 52.0 Å². The molecule has 0 unspecified atom stereocenters. The SMILES string of the molecule is COC(=O)[C@@H](N[C@H]1CC[C@H](NC(=O)OC(C)(C)C)CC1)c1ccccc1. The van der Waals surface area contributed by atoms with Crippen LogP contribution < -0.4 is 10.6 Å². The lowest BCUT2D eigenvalue weighted by atomic mass is 9.90. The topological polar surface area (TPSA) is 76.7 Å². The van der Waals surface area contributed by atoms with Crippen LogP contribution in [0.15, 0.2) is 30.3 Å². The zero-order chi connectivity index (χ0) is 19.2. The summed E-state index contributed by atoms with van der Waals surface area (Å²) < 4.78 is 10.3. The van der Waals surface area contributed by atoms with Crippen LogP contribution in [0.25, 0.3) is 0 Å². The van der Waals surface area contributed by atoms with E-state index in [-0.39, 0.29) is 24.1 Å². The third-order valence-electron chi connectivity index (χ3n) is 4.42. The summed E-state index contributed by atoms with van der Waals surface area (Å²) in [4.78, 5) is 24.1. The molecule has 1 fully saturated rings.